The van der Waals surface area contributed by atoms with Crippen LogP contribution in [0, 0.1) is 11.8 Å². The summed E-state index contributed by atoms with van der Waals surface area (Å²) in [6.45, 7) is 5.54. The first-order valence-corrected chi connectivity index (χ1v) is 10.2. The highest BCUT2D eigenvalue weighted by atomic mass is 16.5. The van der Waals surface area contributed by atoms with Crippen molar-refractivity contribution in [2.45, 2.75) is 70.9 Å². The second kappa shape index (κ2) is 11.4. The van der Waals surface area contributed by atoms with E-state index in [1.807, 2.05) is 13.8 Å². The number of carbonyl (C=O) groups is 3. The molecule has 2 rings (SSSR count). The van der Waals surface area contributed by atoms with E-state index in [0.717, 1.165) is 38.5 Å². The summed E-state index contributed by atoms with van der Waals surface area (Å²) in [7, 11) is 0. The zero-order chi connectivity index (χ0) is 19.6. The zero-order valence-corrected chi connectivity index (χ0v) is 16.6. The van der Waals surface area contributed by atoms with Gasteiger partial charge in [0.1, 0.15) is 0 Å². The monoisotopic (exact) mass is 382 g/mol. The van der Waals surface area contributed by atoms with Crippen LogP contribution in [0.1, 0.15) is 58.8 Å². The fourth-order valence-electron chi connectivity index (χ4n) is 3.28. The fourth-order valence-corrected chi connectivity index (χ4v) is 3.28. The van der Waals surface area contributed by atoms with Crippen LogP contribution in [0.15, 0.2) is 0 Å². The number of rotatable bonds is 12. The predicted molar refractivity (Wildman–Crippen MR) is 101 cm³/mol. The molecule has 2 N–H and O–H groups in total. The first kappa shape index (κ1) is 21.8. The lowest BCUT2D eigenvalue weighted by atomic mass is 9.85. The molecule has 0 aromatic rings. The molecule has 154 valence electrons. The van der Waals surface area contributed by atoms with Crippen LogP contribution < -0.4 is 10.6 Å². The molecule has 0 aromatic carbocycles. The lowest BCUT2D eigenvalue weighted by Gasteiger charge is -2.28. The Hall–Kier alpha value is -1.47. The topological polar surface area (TPSA) is 93.7 Å². The normalized spacial score (nSPS) is 22.5. The third-order valence-electron chi connectivity index (χ3n) is 5.08. The van der Waals surface area contributed by atoms with Gasteiger partial charge in [0.05, 0.1) is 32.5 Å². The van der Waals surface area contributed by atoms with Crippen molar-refractivity contribution in [2.24, 2.45) is 11.8 Å². The summed E-state index contributed by atoms with van der Waals surface area (Å²) in [4.78, 5) is 35.8. The van der Waals surface area contributed by atoms with Crippen LogP contribution in [0.25, 0.3) is 0 Å². The minimum absolute atomic E-state index is 0.0114. The molecule has 0 aliphatic heterocycles. The highest BCUT2D eigenvalue weighted by Gasteiger charge is 2.31. The number of nitrogens with one attached hydrogen (secondary N) is 2. The maximum absolute atomic E-state index is 12.2. The molecule has 2 aliphatic carbocycles. The van der Waals surface area contributed by atoms with Crippen molar-refractivity contribution in [3.63, 3.8) is 0 Å². The SMILES string of the molecule is CC(C)OCCOCCC(=O)NC1CCC(C(=O)NCC(=O)C2CC2)CC1. The average molecular weight is 383 g/mol. The molecular weight excluding hydrogens is 348 g/mol. The number of carbonyl (C=O) groups excluding carboxylic acids is 3. The van der Waals surface area contributed by atoms with Crippen LogP contribution in [-0.2, 0) is 23.9 Å². The smallest absolute Gasteiger partial charge is 0.223 e. The Kier molecular flexibility index (Phi) is 9.21. The first-order valence-electron chi connectivity index (χ1n) is 10.2. The number of hydrogen-bond acceptors (Lipinski definition) is 5. The molecule has 2 saturated carbocycles. The third kappa shape index (κ3) is 8.84. The summed E-state index contributed by atoms with van der Waals surface area (Å²) in [5.74, 6) is 0.258. The van der Waals surface area contributed by atoms with E-state index in [2.05, 4.69) is 10.6 Å². The van der Waals surface area contributed by atoms with Crippen LogP contribution in [0.3, 0.4) is 0 Å². The van der Waals surface area contributed by atoms with Crippen molar-refractivity contribution >= 4 is 17.6 Å². The van der Waals surface area contributed by atoms with Gasteiger partial charge in [0.2, 0.25) is 11.8 Å². The Morgan fingerprint density at radius 3 is 2.22 bits per heavy atom. The van der Waals surface area contributed by atoms with E-state index < -0.39 is 0 Å². The van der Waals surface area contributed by atoms with Crippen molar-refractivity contribution in [3.8, 4) is 0 Å². The molecule has 2 fully saturated rings. The molecular formula is C20H34N2O5. The number of ketones is 1. The van der Waals surface area contributed by atoms with Gasteiger partial charge < -0.3 is 20.1 Å². The van der Waals surface area contributed by atoms with E-state index in [-0.39, 0.29) is 48.1 Å². The lowest BCUT2D eigenvalue weighted by molar-refractivity contribution is -0.129. The van der Waals surface area contributed by atoms with E-state index in [1.54, 1.807) is 0 Å². The minimum atomic E-state index is -0.0468. The van der Waals surface area contributed by atoms with E-state index >= 15 is 0 Å². The van der Waals surface area contributed by atoms with Crippen LogP contribution >= 0.6 is 0 Å². The highest BCUT2D eigenvalue weighted by Crippen LogP contribution is 2.29. The van der Waals surface area contributed by atoms with Gasteiger partial charge in [-0.3, -0.25) is 14.4 Å². The summed E-state index contributed by atoms with van der Waals surface area (Å²) >= 11 is 0. The molecule has 0 atom stereocenters. The maximum Gasteiger partial charge on any atom is 0.223 e. The van der Waals surface area contributed by atoms with E-state index in [9.17, 15) is 14.4 Å². The molecule has 0 unspecified atom stereocenters. The highest BCUT2D eigenvalue weighted by molar-refractivity contribution is 5.89. The van der Waals surface area contributed by atoms with Gasteiger partial charge >= 0.3 is 0 Å². The Bertz CT molecular complexity index is 497. The summed E-state index contributed by atoms with van der Waals surface area (Å²) in [5.41, 5.74) is 0. The van der Waals surface area contributed by atoms with E-state index in [1.165, 1.54) is 0 Å². The van der Waals surface area contributed by atoms with Crippen molar-refractivity contribution in [1.29, 1.82) is 0 Å². The summed E-state index contributed by atoms with van der Waals surface area (Å²) in [5, 5.41) is 5.80. The summed E-state index contributed by atoms with van der Waals surface area (Å²) in [6, 6.07) is 0.124. The van der Waals surface area contributed by atoms with Crippen molar-refractivity contribution in [2.75, 3.05) is 26.4 Å². The summed E-state index contributed by atoms with van der Waals surface area (Å²) < 4.78 is 10.8. The number of amides is 2. The van der Waals surface area contributed by atoms with Gasteiger partial charge in [-0.2, -0.15) is 0 Å². The van der Waals surface area contributed by atoms with Crippen LogP contribution in [0.4, 0.5) is 0 Å². The van der Waals surface area contributed by atoms with Crippen LogP contribution in [0.5, 0.6) is 0 Å². The molecule has 7 nitrogen and oxygen atoms in total. The molecule has 2 aliphatic rings. The van der Waals surface area contributed by atoms with Crippen LogP contribution in [0.2, 0.25) is 0 Å². The molecule has 0 aromatic heterocycles. The van der Waals surface area contributed by atoms with Gasteiger partial charge in [0.15, 0.2) is 5.78 Å². The molecule has 7 heteroatoms. The number of ether oxygens (including phenoxy) is 2. The van der Waals surface area contributed by atoms with Gasteiger partial charge in [-0.1, -0.05) is 0 Å². The minimum Gasteiger partial charge on any atom is -0.379 e. The fraction of sp³-hybridized carbons (Fsp3) is 0.850. The van der Waals surface area contributed by atoms with E-state index in [0.29, 0.717) is 26.2 Å². The van der Waals surface area contributed by atoms with Crippen molar-refractivity contribution in [3.05, 3.63) is 0 Å². The second-order valence-corrected chi connectivity index (χ2v) is 7.86. The maximum atomic E-state index is 12.2. The molecule has 0 radical (unpaired) electrons. The van der Waals surface area contributed by atoms with Gasteiger partial charge in [-0.15, -0.1) is 0 Å². The summed E-state index contributed by atoms with van der Waals surface area (Å²) in [6.07, 6.45) is 5.55. The standard InChI is InChI=1S/C20H34N2O5/c1-14(2)27-12-11-26-10-9-19(24)22-17-7-5-16(6-8-17)20(25)21-13-18(23)15-3-4-15/h14-17H,3-13H2,1-2H3,(H,21,25)(H,22,24). The van der Waals surface area contributed by atoms with Crippen molar-refractivity contribution in [1.82, 2.24) is 10.6 Å². The molecule has 2 amide bonds. The molecule has 0 heterocycles. The molecule has 27 heavy (non-hydrogen) atoms. The Morgan fingerprint density at radius 1 is 0.926 bits per heavy atom. The van der Waals surface area contributed by atoms with Gasteiger partial charge in [-0.25, -0.2) is 0 Å². The van der Waals surface area contributed by atoms with E-state index in [4.69, 9.17) is 9.47 Å². The first-order chi connectivity index (χ1) is 13.0. The second-order valence-electron chi connectivity index (χ2n) is 7.86. The number of hydrogen-bond donors (Lipinski definition) is 2. The largest absolute Gasteiger partial charge is 0.379 e. The Balaban J connectivity index is 1.51. The molecule has 0 bridgehead atoms. The Labute approximate surface area is 161 Å². The average Bonchev–Trinajstić information content (AvgIpc) is 3.48. The predicted octanol–water partition coefficient (Wildman–Crippen LogP) is 1.59. The quantitative estimate of drug-likeness (QED) is 0.500. The third-order valence-corrected chi connectivity index (χ3v) is 5.08. The lowest BCUT2D eigenvalue weighted by Crippen LogP contribution is -2.42. The Morgan fingerprint density at radius 2 is 1.59 bits per heavy atom. The molecule has 0 spiro atoms. The number of Topliss-reactive ketones (excluding diaryl/α,β-unsaturated/α-hetero) is 1. The van der Waals surface area contributed by atoms with Gasteiger partial charge in [0.25, 0.3) is 0 Å². The zero-order valence-electron chi connectivity index (χ0n) is 16.6. The van der Waals surface area contributed by atoms with Gasteiger partial charge in [-0.05, 0) is 52.4 Å². The van der Waals surface area contributed by atoms with Crippen LogP contribution in [-0.4, -0.2) is 56.1 Å². The molecule has 0 saturated heterocycles. The van der Waals surface area contributed by atoms with Gasteiger partial charge in [0, 0.05) is 24.3 Å². The van der Waals surface area contributed by atoms with Crippen molar-refractivity contribution < 1.29 is 23.9 Å².